The average molecular weight is 260 g/mol. The zero-order valence-corrected chi connectivity index (χ0v) is 10.8. The van der Waals surface area contributed by atoms with Gasteiger partial charge < -0.3 is 0 Å². The molecular weight excluding hydrogens is 243 g/mol. The van der Waals surface area contributed by atoms with Crippen LogP contribution < -0.4 is 0 Å². The van der Waals surface area contributed by atoms with Gasteiger partial charge in [-0.3, -0.25) is 4.18 Å². The Hall–Kier alpha value is -0.940. The molecule has 5 heteroatoms. The van der Waals surface area contributed by atoms with Crippen LogP contribution in [0.15, 0.2) is 29.2 Å². The van der Waals surface area contributed by atoms with Crippen LogP contribution in [0.2, 0.25) is 0 Å². The smallest absolute Gasteiger partial charge is 0.263 e. The van der Waals surface area contributed by atoms with Gasteiger partial charge in [0.05, 0.1) is 11.5 Å². The van der Waals surface area contributed by atoms with Gasteiger partial charge in [0.15, 0.2) is 0 Å². The molecule has 0 N–H and O–H groups in total. The van der Waals surface area contributed by atoms with Crippen LogP contribution in [0.25, 0.3) is 0 Å². The number of benzene rings is 1. The van der Waals surface area contributed by atoms with Crippen molar-refractivity contribution in [2.75, 3.05) is 6.61 Å². The Labute approximate surface area is 102 Å². The lowest BCUT2D eigenvalue weighted by molar-refractivity contribution is 0.191. The van der Waals surface area contributed by atoms with Crippen LogP contribution in [0.4, 0.5) is 4.39 Å². The summed E-state index contributed by atoms with van der Waals surface area (Å²) < 4.78 is 41.1. The summed E-state index contributed by atoms with van der Waals surface area (Å²) >= 11 is 0. The molecule has 0 fully saturated rings. The second-order valence-corrected chi connectivity index (χ2v) is 5.55. The maximum absolute atomic E-state index is 13.1. The Balaban J connectivity index is 2.66. The molecule has 17 heavy (non-hydrogen) atoms. The van der Waals surface area contributed by atoms with Crippen molar-refractivity contribution in [3.8, 4) is 0 Å². The zero-order valence-electron chi connectivity index (χ0n) is 10.0. The highest BCUT2D eigenvalue weighted by Gasteiger charge is 2.17. The molecule has 0 heterocycles. The van der Waals surface area contributed by atoms with Gasteiger partial charge in [-0.15, -0.1) is 0 Å². The molecule has 0 saturated carbocycles. The third-order valence-corrected chi connectivity index (χ3v) is 3.61. The Morgan fingerprint density at radius 1 is 1.29 bits per heavy atom. The lowest BCUT2D eigenvalue weighted by Gasteiger charge is -2.08. The molecule has 1 aromatic rings. The molecule has 0 aliphatic rings. The minimum Gasteiger partial charge on any atom is -0.263 e. The van der Waals surface area contributed by atoms with Crippen molar-refractivity contribution >= 4 is 10.1 Å². The van der Waals surface area contributed by atoms with Crippen LogP contribution >= 0.6 is 0 Å². The van der Waals surface area contributed by atoms with Gasteiger partial charge in [-0.25, -0.2) is 4.39 Å². The van der Waals surface area contributed by atoms with Gasteiger partial charge >= 0.3 is 0 Å². The SMILES string of the molecule is CCCC(F)COS(=O)(=O)c1ccc(C)cc1. The van der Waals surface area contributed by atoms with Crippen molar-refractivity contribution in [3.05, 3.63) is 29.8 Å². The van der Waals surface area contributed by atoms with Crippen molar-refractivity contribution in [3.63, 3.8) is 0 Å². The lowest BCUT2D eigenvalue weighted by Crippen LogP contribution is -2.15. The molecule has 0 radical (unpaired) electrons. The number of hydrogen-bond acceptors (Lipinski definition) is 3. The summed E-state index contributed by atoms with van der Waals surface area (Å²) in [7, 11) is -3.83. The number of rotatable bonds is 6. The standard InChI is InChI=1S/C12H17FO3S/c1-3-4-11(13)9-16-17(14,15)12-7-5-10(2)6-8-12/h5-8,11H,3-4,9H2,1-2H3. The zero-order chi connectivity index (χ0) is 12.9. The second kappa shape index (κ2) is 6.12. The van der Waals surface area contributed by atoms with E-state index in [4.69, 9.17) is 0 Å². The summed E-state index contributed by atoms with van der Waals surface area (Å²) in [5, 5.41) is 0. The molecule has 0 spiro atoms. The first-order valence-electron chi connectivity index (χ1n) is 5.56. The summed E-state index contributed by atoms with van der Waals surface area (Å²) in [5.74, 6) is 0. The first-order chi connectivity index (χ1) is 7.95. The number of alkyl halides is 1. The Kier molecular flexibility index (Phi) is 5.08. The number of halogens is 1. The van der Waals surface area contributed by atoms with E-state index in [-0.39, 0.29) is 4.90 Å². The molecule has 1 unspecified atom stereocenters. The second-order valence-electron chi connectivity index (χ2n) is 3.94. The highest BCUT2D eigenvalue weighted by molar-refractivity contribution is 7.86. The summed E-state index contributed by atoms with van der Waals surface area (Å²) in [4.78, 5) is 0.0619. The minimum absolute atomic E-state index is 0.0619. The van der Waals surface area contributed by atoms with Gasteiger partial charge in [0.1, 0.15) is 6.17 Å². The molecule has 0 bridgehead atoms. The van der Waals surface area contributed by atoms with E-state index >= 15 is 0 Å². The first kappa shape index (κ1) is 14.1. The van der Waals surface area contributed by atoms with Crippen molar-refractivity contribution in [2.45, 2.75) is 37.8 Å². The van der Waals surface area contributed by atoms with Gasteiger partial charge in [0.25, 0.3) is 10.1 Å². The maximum atomic E-state index is 13.1. The molecule has 1 atom stereocenters. The fraction of sp³-hybridized carbons (Fsp3) is 0.500. The Morgan fingerprint density at radius 2 is 1.88 bits per heavy atom. The summed E-state index contributed by atoms with van der Waals surface area (Å²) in [5.41, 5.74) is 0.957. The minimum atomic E-state index is -3.83. The van der Waals surface area contributed by atoms with Gasteiger partial charge in [-0.1, -0.05) is 31.0 Å². The lowest BCUT2D eigenvalue weighted by atomic mass is 10.2. The van der Waals surface area contributed by atoms with Crippen LogP contribution in [0.1, 0.15) is 25.3 Å². The fourth-order valence-corrected chi connectivity index (χ4v) is 2.27. The van der Waals surface area contributed by atoms with Crippen LogP contribution in [0.3, 0.4) is 0 Å². The van der Waals surface area contributed by atoms with Crippen LogP contribution in [-0.2, 0) is 14.3 Å². The van der Waals surface area contributed by atoms with E-state index in [1.165, 1.54) is 12.1 Å². The van der Waals surface area contributed by atoms with Crippen LogP contribution in [-0.4, -0.2) is 21.2 Å². The van der Waals surface area contributed by atoms with Crippen molar-refractivity contribution in [2.24, 2.45) is 0 Å². The largest absolute Gasteiger partial charge is 0.297 e. The molecule has 0 saturated heterocycles. The molecule has 1 rings (SSSR count). The van der Waals surface area contributed by atoms with Gasteiger partial charge in [0.2, 0.25) is 0 Å². The first-order valence-corrected chi connectivity index (χ1v) is 6.96. The highest BCUT2D eigenvalue weighted by atomic mass is 32.2. The summed E-state index contributed by atoms with van der Waals surface area (Å²) in [6.45, 7) is 3.28. The average Bonchev–Trinajstić information content (AvgIpc) is 2.28. The van der Waals surface area contributed by atoms with E-state index in [1.54, 1.807) is 12.1 Å². The Bertz CT molecular complexity index is 439. The molecule has 3 nitrogen and oxygen atoms in total. The van der Waals surface area contributed by atoms with E-state index < -0.39 is 22.9 Å². The predicted molar refractivity (Wildman–Crippen MR) is 64.1 cm³/mol. The van der Waals surface area contributed by atoms with E-state index in [2.05, 4.69) is 4.18 Å². The molecule has 0 aliphatic carbocycles. The van der Waals surface area contributed by atoms with E-state index in [0.717, 1.165) is 5.56 Å². The molecular formula is C12H17FO3S. The molecule has 0 aromatic heterocycles. The van der Waals surface area contributed by atoms with E-state index in [9.17, 15) is 12.8 Å². The van der Waals surface area contributed by atoms with E-state index in [0.29, 0.717) is 12.8 Å². The van der Waals surface area contributed by atoms with Crippen molar-refractivity contribution in [1.29, 1.82) is 0 Å². The predicted octanol–water partition coefficient (Wildman–Crippen LogP) is 2.84. The Morgan fingerprint density at radius 3 is 2.41 bits per heavy atom. The topological polar surface area (TPSA) is 43.4 Å². The third kappa shape index (κ3) is 4.44. The maximum Gasteiger partial charge on any atom is 0.297 e. The summed E-state index contributed by atoms with van der Waals surface area (Å²) in [6, 6.07) is 6.26. The van der Waals surface area contributed by atoms with Crippen molar-refractivity contribution in [1.82, 2.24) is 0 Å². The molecule has 96 valence electrons. The van der Waals surface area contributed by atoms with Gasteiger partial charge in [-0.05, 0) is 25.5 Å². The normalized spacial score (nSPS) is 13.6. The van der Waals surface area contributed by atoms with Crippen molar-refractivity contribution < 1.29 is 17.0 Å². The van der Waals surface area contributed by atoms with Crippen LogP contribution in [0, 0.1) is 6.92 Å². The highest BCUT2D eigenvalue weighted by Crippen LogP contribution is 2.14. The summed E-state index contributed by atoms with van der Waals surface area (Å²) in [6.07, 6.45) is -0.265. The van der Waals surface area contributed by atoms with Gasteiger partial charge in [-0.2, -0.15) is 8.42 Å². The number of aryl methyl sites for hydroxylation is 1. The molecule has 1 aromatic carbocycles. The van der Waals surface area contributed by atoms with Crippen LogP contribution in [0.5, 0.6) is 0 Å². The van der Waals surface area contributed by atoms with Gasteiger partial charge in [0, 0.05) is 0 Å². The third-order valence-electron chi connectivity index (χ3n) is 2.32. The monoisotopic (exact) mass is 260 g/mol. The molecule has 0 aliphatic heterocycles. The fourth-order valence-electron chi connectivity index (χ4n) is 1.33. The number of hydrogen-bond donors (Lipinski definition) is 0. The molecule has 0 amide bonds. The van der Waals surface area contributed by atoms with E-state index in [1.807, 2.05) is 13.8 Å². The quantitative estimate of drug-likeness (QED) is 0.739.